The molecule has 4 rings (SSSR count). The SMILES string of the molecule is COc1cccc(-c2nccn2[C@@H]2COC[C@H]2Cc2ccncc2)c1OC. The van der Waals surface area contributed by atoms with Crippen LogP contribution < -0.4 is 9.47 Å². The lowest BCUT2D eigenvalue weighted by atomic mass is 9.95. The smallest absolute Gasteiger partial charge is 0.171 e. The third-order valence-corrected chi connectivity index (χ3v) is 5.08. The highest BCUT2D eigenvalue weighted by atomic mass is 16.5. The Kier molecular flexibility index (Phi) is 5.07. The number of hydrogen-bond donors (Lipinski definition) is 0. The van der Waals surface area contributed by atoms with E-state index >= 15 is 0 Å². The molecule has 3 heterocycles. The summed E-state index contributed by atoms with van der Waals surface area (Å²) in [5, 5.41) is 0. The predicted molar refractivity (Wildman–Crippen MR) is 102 cm³/mol. The van der Waals surface area contributed by atoms with Gasteiger partial charge < -0.3 is 18.8 Å². The zero-order valence-corrected chi connectivity index (χ0v) is 15.5. The molecule has 1 aliphatic heterocycles. The number of ether oxygens (including phenoxy) is 3. The van der Waals surface area contributed by atoms with Gasteiger partial charge in [0.15, 0.2) is 11.5 Å². The molecule has 0 bridgehead atoms. The van der Waals surface area contributed by atoms with E-state index in [2.05, 4.69) is 26.7 Å². The highest BCUT2D eigenvalue weighted by Crippen LogP contribution is 2.39. The van der Waals surface area contributed by atoms with Crippen molar-refractivity contribution in [1.29, 1.82) is 0 Å². The van der Waals surface area contributed by atoms with Gasteiger partial charge in [0.1, 0.15) is 5.82 Å². The second kappa shape index (κ2) is 7.80. The van der Waals surface area contributed by atoms with Gasteiger partial charge in [-0.2, -0.15) is 0 Å². The summed E-state index contributed by atoms with van der Waals surface area (Å²) in [6.45, 7) is 1.41. The van der Waals surface area contributed by atoms with Crippen LogP contribution in [-0.2, 0) is 11.2 Å². The summed E-state index contributed by atoms with van der Waals surface area (Å²) >= 11 is 0. The monoisotopic (exact) mass is 365 g/mol. The number of aromatic nitrogens is 3. The van der Waals surface area contributed by atoms with Gasteiger partial charge in [0.25, 0.3) is 0 Å². The van der Waals surface area contributed by atoms with Gasteiger partial charge in [-0.3, -0.25) is 4.98 Å². The molecule has 3 aromatic rings. The van der Waals surface area contributed by atoms with Crippen molar-refractivity contribution in [3.8, 4) is 22.9 Å². The quantitative estimate of drug-likeness (QED) is 0.670. The lowest BCUT2D eigenvalue weighted by molar-refractivity contribution is 0.181. The summed E-state index contributed by atoms with van der Waals surface area (Å²) in [5.74, 6) is 2.62. The third-order valence-electron chi connectivity index (χ3n) is 5.08. The summed E-state index contributed by atoms with van der Waals surface area (Å²) in [4.78, 5) is 8.72. The van der Waals surface area contributed by atoms with Crippen LogP contribution in [0, 0.1) is 5.92 Å². The van der Waals surface area contributed by atoms with Crippen molar-refractivity contribution in [3.05, 3.63) is 60.7 Å². The number of nitrogens with zero attached hydrogens (tertiary/aromatic N) is 3. The van der Waals surface area contributed by atoms with Gasteiger partial charge in [-0.05, 0) is 36.2 Å². The number of hydrogen-bond acceptors (Lipinski definition) is 5. The number of rotatable bonds is 6. The minimum atomic E-state index is 0.214. The average Bonchev–Trinajstić information content (AvgIpc) is 3.37. The van der Waals surface area contributed by atoms with E-state index < -0.39 is 0 Å². The van der Waals surface area contributed by atoms with E-state index in [1.165, 1.54) is 5.56 Å². The average molecular weight is 365 g/mol. The zero-order chi connectivity index (χ0) is 18.6. The molecule has 6 nitrogen and oxygen atoms in total. The highest BCUT2D eigenvalue weighted by Gasteiger charge is 2.32. The molecule has 2 aromatic heterocycles. The van der Waals surface area contributed by atoms with E-state index in [9.17, 15) is 0 Å². The van der Waals surface area contributed by atoms with Gasteiger partial charge in [-0.1, -0.05) is 6.07 Å². The van der Waals surface area contributed by atoms with Gasteiger partial charge in [0, 0.05) is 30.7 Å². The standard InChI is InChI=1S/C21H23N3O3/c1-25-19-5-3-4-17(20(19)26-2)21-23-10-11-24(21)18-14-27-13-16(18)12-15-6-8-22-9-7-15/h3-11,16,18H,12-14H2,1-2H3/t16-,18-/m1/s1. The molecular weight excluding hydrogens is 342 g/mol. The molecule has 2 atom stereocenters. The van der Waals surface area contributed by atoms with Crippen LogP contribution in [0.5, 0.6) is 11.5 Å². The topological polar surface area (TPSA) is 58.4 Å². The van der Waals surface area contributed by atoms with E-state index in [4.69, 9.17) is 14.2 Å². The molecule has 0 radical (unpaired) electrons. The molecule has 0 unspecified atom stereocenters. The Bertz CT molecular complexity index is 895. The van der Waals surface area contributed by atoms with Crippen LogP contribution in [0.3, 0.4) is 0 Å². The molecule has 6 heteroatoms. The van der Waals surface area contributed by atoms with Crippen LogP contribution in [0.15, 0.2) is 55.1 Å². The molecule has 1 aromatic carbocycles. The molecular formula is C21H23N3O3. The molecule has 1 saturated heterocycles. The van der Waals surface area contributed by atoms with Gasteiger partial charge >= 0.3 is 0 Å². The third kappa shape index (κ3) is 3.40. The lowest BCUT2D eigenvalue weighted by Crippen LogP contribution is -2.20. The van der Waals surface area contributed by atoms with Crippen molar-refractivity contribution in [2.45, 2.75) is 12.5 Å². The van der Waals surface area contributed by atoms with Crippen LogP contribution in [0.25, 0.3) is 11.4 Å². The molecule has 1 fully saturated rings. The Balaban J connectivity index is 1.68. The Hall–Kier alpha value is -2.86. The van der Waals surface area contributed by atoms with Crippen LogP contribution in [0.4, 0.5) is 0 Å². The van der Waals surface area contributed by atoms with E-state index in [1.54, 1.807) is 14.2 Å². The van der Waals surface area contributed by atoms with Gasteiger partial charge in [-0.25, -0.2) is 4.98 Å². The number of methoxy groups -OCH3 is 2. The first kappa shape index (κ1) is 17.5. The first-order valence-electron chi connectivity index (χ1n) is 9.02. The van der Waals surface area contributed by atoms with Crippen LogP contribution >= 0.6 is 0 Å². The Morgan fingerprint density at radius 3 is 2.70 bits per heavy atom. The predicted octanol–water partition coefficient (Wildman–Crippen LogP) is 3.39. The van der Waals surface area contributed by atoms with Crippen molar-refractivity contribution in [2.75, 3.05) is 27.4 Å². The molecule has 0 spiro atoms. The first-order chi connectivity index (χ1) is 13.3. The van der Waals surface area contributed by atoms with Gasteiger partial charge in [-0.15, -0.1) is 0 Å². The number of imidazole rings is 1. The molecule has 0 N–H and O–H groups in total. The molecule has 140 valence electrons. The second-order valence-corrected chi connectivity index (χ2v) is 6.62. The highest BCUT2D eigenvalue weighted by molar-refractivity contribution is 5.69. The molecule has 0 saturated carbocycles. The summed E-state index contributed by atoms with van der Waals surface area (Å²) in [6.07, 6.45) is 8.47. The molecule has 1 aliphatic rings. The molecule has 0 aliphatic carbocycles. The fourth-order valence-electron chi connectivity index (χ4n) is 3.76. The van der Waals surface area contributed by atoms with Crippen molar-refractivity contribution in [1.82, 2.24) is 14.5 Å². The summed E-state index contributed by atoms with van der Waals surface area (Å²) in [5.41, 5.74) is 2.18. The van der Waals surface area contributed by atoms with E-state index in [0.29, 0.717) is 24.0 Å². The maximum absolute atomic E-state index is 5.84. The van der Waals surface area contributed by atoms with Crippen molar-refractivity contribution in [3.63, 3.8) is 0 Å². The molecule has 0 amide bonds. The van der Waals surface area contributed by atoms with Crippen LogP contribution in [-0.4, -0.2) is 42.0 Å². The van der Waals surface area contributed by atoms with Crippen molar-refractivity contribution < 1.29 is 14.2 Å². The Labute approximate surface area is 158 Å². The normalized spacial score (nSPS) is 19.2. The zero-order valence-electron chi connectivity index (χ0n) is 15.5. The van der Waals surface area contributed by atoms with Gasteiger partial charge in [0.2, 0.25) is 0 Å². The lowest BCUT2D eigenvalue weighted by Gasteiger charge is -2.22. The fraction of sp³-hybridized carbons (Fsp3) is 0.333. The summed E-state index contributed by atoms with van der Waals surface area (Å²) < 4.78 is 19.1. The molecule has 27 heavy (non-hydrogen) atoms. The fourth-order valence-corrected chi connectivity index (χ4v) is 3.76. The number of benzene rings is 1. The summed E-state index contributed by atoms with van der Waals surface area (Å²) in [7, 11) is 3.29. The van der Waals surface area contributed by atoms with Crippen molar-refractivity contribution >= 4 is 0 Å². The van der Waals surface area contributed by atoms with E-state index in [-0.39, 0.29) is 6.04 Å². The van der Waals surface area contributed by atoms with Crippen LogP contribution in [0.1, 0.15) is 11.6 Å². The largest absolute Gasteiger partial charge is 0.493 e. The first-order valence-corrected chi connectivity index (χ1v) is 9.02. The van der Waals surface area contributed by atoms with E-state index in [0.717, 1.165) is 24.4 Å². The summed E-state index contributed by atoms with van der Waals surface area (Å²) in [6, 6.07) is 10.2. The minimum absolute atomic E-state index is 0.214. The Morgan fingerprint density at radius 1 is 1.07 bits per heavy atom. The second-order valence-electron chi connectivity index (χ2n) is 6.62. The maximum atomic E-state index is 5.84. The van der Waals surface area contributed by atoms with Gasteiger partial charge in [0.05, 0.1) is 39.0 Å². The minimum Gasteiger partial charge on any atom is -0.493 e. The Morgan fingerprint density at radius 2 is 1.93 bits per heavy atom. The van der Waals surface area contributed by atoms with E-state index in [1.807, 2.05) is 43.0 Å². The van der Waals surface area contributed by atoms with Crippen molar-refractivity contribution in [2.24, 2.45) is 5.92 Å². The number of pyridine rings is 1. The number of para-hydroxylation sites is 1. The maximum Gasteiger partial charge on any atom is 0.171 e. The van der Waals surface area contributed by atoms with Crippen LogP contribution in [0.2, 0.25) is 0 Å².